The zero-order valence-electron chi connectivity index (χ0n) is 8.23. The van der Waals surface area contributed by atoms with Crippen LogP contribution in [0.5, 0.6) is 0 Å². The molecule has 0 bridgehead atoms. The van der Waals surface area contributed by atoms with Crippen LogP contribution in [-0.2, 0) is 4.79 Å². The minimum Gasteiger partial charge on any atom is -0.480 e. The third-order valence-corrected chi connectivity index (χ3v) is 2.90. The molecule has 4 heteroatoms. The van der Waals surface area contributed by atoms with Crippen LogP contribution in [0.2, 0.25) is 0 Å². The van der Waals surface area contributed by atoms with Gasteiger partial charge in [0.25, 0.3) is 0 Å². The van der Waals surface area contributed by atoms with Crippen molar-refractivity contribution in [1.29, 1.82) is 0 Å². The maximum atomic E-state index is 10.7. The topological polar surface area (TPSA) is 66.6 Å². The summed E-state index contributed by atoms with van der Waals surface area (Å²) in [4.78, 5) is 12.7. The lowest BCUT2D eigenvalue weighted by Crippen LogP contribution is -2.38. The van der Waals surface area contributed by atoms with Gasteiger partial charge in [-0.05, 0) is 32.7 Å². The predicted octanol–water partition coefficient (Wildman–Crippen LogP) is 0.129. The second-order valence-corrected chi connectivity index (χ2v) is 3.92. The summed E-state index contributed by atoms with van der Waals surface area (Å²) in [6.45, 7) is 5.40. The minimum atomic E-state index is -0.745. The monoisotopic (exact) mass is 186 g/mol. The van der Waals surface area contributed by atoms with Crippen LogP contribution in [0.1, 0.15) is 20.3 Å². The summed E-state index contributed by atoms with van der Waals surface area (Å²) < 4.78 is 0. The van der Waals surface area contributed by atoms with Crippen molar-refractivity contribution in [1.82, 2.24) is 4.90 Å². The first-order valence-corrected chi connectivity index (χ1v) is 4.74. The fourth-order valence-corrected chi connectivity index (χ4v) is 1.75. The first-order valence-electron chi connectivity index (χ1n) is 4.74. The van der Waals surface area contributed by atoms with Gasteiger partial charge >= 0.3 is 5.97 Å². The molecule has 0 amide bonds. The van der Waals surface area contributed by atoms with E-state index in [0.717, 1.165) is 19.5 Å². The van der Waals surface area contributed by atoms with Crippen molar-refractivity contribution in [3.05, 3.63) is 0 Å². The van der Waals surface area contributed by atoms with Crippen LogP contribution >= 0.6 is 0 Å². The number of rotatable bonds is 3. The van der Waals surface area contributed by atoms with E-state index in [1.54, 1.807) is 6.92 Å². The first-order chi connectivity index (χ1) is 6.02. The summed E-state index contributed by atoms with van der Waals surface area (Å²) in [5.74, 6) is -0.285. The fourth-order valence-electron chi connectivity index (χ4n) is 1.75. The number of aliphatic carboxylic acids is 1. The van der Waals surface area contributed by atoms with Crippen LogP contribution in [0, 0.1) is 5.92 Å². The molecule has 0 saturated carbocycles. The first kappa shape index (κ1) is 10.5. The number of hydrogen-bond acceptors (Lipinski definition) is 3. The van der Waals surface area contributed by atoms with Crippen molar-refractivity contribution in [2.24, 2.45) is 11.7 Å². The summed E-state index contributed by atoms with van der Waals surface area (Å²) >= 11 is 0. The molecule has 0 radical (unpaired) electrons. The van der Waals surface area contributed by atoms with Gasteiger partial charge < -0.3 is 10.8 Å². The van der Waals surface area contributed by atoms with E-state index in [1.807, 2.05) is 11.8 Å². The summed E-state index contributed by atoms with van der Waals surface area (Å²) in [5.41, 5.74) is 5.76. The molecule has 0 aromatic heterocycles. The molecule has 1 saturated heterocycles. The van der Waals surface area contributed by atoms with Crippen molar-refractivity contribution in [2.45, 2.75) is 32.4 Å². The van der Waals surface area contributed by atoms with E-state index in [4.69, 9.17) is 10.8 Å². The van der Waals surface area contributed by atoms with E-state index >= 15 is 0 Å². The Balaban J connectivity index is 2.45. The Hall–Kier alpha value is -0.610. The maximum absolute atomic E-state index is 10.7. The highest BCUT2D eigenvalue weighted by Crippen LogP contribution is 2.20. The molecule has 3 N–H and O–H groups in total. The van der Waals surface area contributed by atoms with Gasteiger partial charge in [0.05, 0.1) is 0 Å². The number of carbonyl (C=O) groups is 1. The normalized spacial score (nSPS) is 28.7. The van der Waals surface area contributed by atoms with Gasteiger partial charge in [-0.2, -0.15) is 0 Å². The highest BCUT2D eigenvalue weighted by Gasteiger charge is 2.30. The SMILES string of the molecule is CC(N)C1CCN(C(C)C(=O)O)C1. The zero-order chi connectivity index (χ0) is 10.0. The molecule has 1 heterocycles. The lowest BCUT2D eigenvalue weighted by molar-refractivity contribution is -0.142. The number of likely N-dealkylation sites (tertiary alicyclic amines) is 1. The highest BCUT2D eigenvalue weighted by atomic mass is 16.4. The van der Waals surface area contributed by atoms with E-state index in [1.165, 1.54) is 0 Å². The molecule has 1 aliphatic rings. The molecule has 13 heavy (non-hydrogen) atoms. The smallest absolute Gasteiger partial charge is 0.320 e. The molecule has 4 nitrogen and oxygen atoms in total. The average molecular weight is 186 g/mol. The summed E-state index contributed by atoms with van der Waals surface area (Å²) in [5, 5.41) is 8.79. The largest absolute Gasteiger partial charge is 0.480 e. The van der Waals surface area contributed by atoms with Gasteiger partial charge in [-0.1, -0.05) is 0 Å². The molecule has 1 aliphatic heterocycles. The minimum absolute atomic E-state index is 0.172. The number of carboxylic acid groups (broad SMARTS) is 1. The van der Waals surface area contributed by atoms with Gasteiger partial charge in [0.15, 0.2) is 0 Å². The third kappa shape index (κ3) is 2.42. The zero-order valence-corrected chi connectivity index (χ0v) is 8.23. The van der Waals surface area contributed by atoms with Crippen LogP contribution < -0.4 is 5.73 Å². The third-order valence-electron chi connectivity index (χ3n) is 2.90. The Morgan fingerprint density at radius 1 is 1.62 bits per heavy atom. The predicted molar refractivity (Wildman–Crippen MR) is 50.4 cm³/mol. The number of hydrogen-bond donors (Lipinski definition) is 2. The van der Waals surface area contributed by atoms with Crippen molar-refractivity contribution in [2.75, 3.05) is 13.1 Å². The molecule has 3 unspecified atom stereocenters. The molecule has 0 aromatic rings. The number of carboxylic acids is 1. The Kier molecular flexibility index (Phi) is 3.27. The lowest BCUT2D eigenvalue weighted by Gasteiger charge is -2.21. The van der Waals surface area contributed by atoms with Gasteiger partial charge in [-0.15, -0.1) is 0 Å². The summed E-state index contributed by atoms with van der Waals surface area (Å²) in [6, 6.07) is -0.199. The lowest BCUT2D eigenvalue weighted by atomic mass is 10.0. The molecule has 76 valence electrons. The molecule has 1 rings (SSSR count). The van der Waals surface area contributed by atoms with Crippen molar-refractivity contribution in [3.63, 3.8) is 0 Å². The van der Waals surface area contributed by atoms with E-state index in [-0.39, 0.29) is 12.1 Å². The number of nitrogens with two attached hydrogens (primary N) is 1. The summed E-state index contributed by atoms with van der Waals surface area (Å²) in [7, 11) is 0. The van der Waals surface area contributed by atoms with Gasteiger partial charge in [-0.25, -0.2) is 0 Å². The van der Waals surface area contributed by atoms with E-state index in [2.05, 4.69) is 0 Å². The van der Waals surface area contributed by atoms with Crippen LogP contribution in [0.25, 0.3) is 0 Å². The molecule has 0 aromatic carbocycles. The van der Waals surface area contributed by atoms with Crippen molar-refractivity contribution < 1.29 is 9.90 Å². The van der Waals surface area contributed by atoms with Crippen LogP contribution in [-0.4, -0.2) is 41.1 Å². The summed E-state index contributed by atoms with van der Waals surface area (Å²) in [6.07, 6.45) is 1.02. The van der Waals surface area contributed by atoms with E-state index in [0.29, 0.717) is 5.92 Å². The second kappa shape index (κ2) is 4.07. The molecule has 0 spiro atoms. The van der Waals surface area contributed by atoms with Crippen LogP contribution in [0.15, 0.2) is 0 Å². The Labute approximate surface area is 78.7 Å². The van der Waals surface area contributed by atoms with E-state index in [9.17, 15) is 4.79 Å². The Morgan fingerprint density at radius 3 is 2.62 bits per heavy atom. The van der Waals surface area contributed by atoms with Gasteiger partial charge in [0.2, 0.25) is 0 Å². The fraction of sp³-hybridized carbons (Fsp3) is 0.889. The maximum Gasteiger partial charge on any atom is 0.320 e. The van der Waals surface area contributed by atoms with Crippen LogP contribution in [0.4, 0.5) is 0 Å². The Morgan fingerprint density at radius 2 is 2.23 bits per heavy atom. The van der Waals surface area contributed by atoms with Crippen molar-refractivity contribution in [3.8, 4) is 0 Å². The Bertz CT molecular complexity index is 194. The highest BCUT2D eigenvalue weighted by molar-refractivity contribution is 5.72. The second-order valence-electron chi connectivity index (χ2n) is 3.92. The van der Waals surface area contributed by atoms with Gasteiger partial charge in [0, 0.05) is 12.6 Å². The molecule has 1 fully saturated rings. The van der Waals surface area contributed by atoms with Gasteiger partial charge in [0.1, 0.15) is 6.04 Å². The molecular formula is C9H18N2O2. The molecule has 3 atom stereocenters. The molecular weight excluding hydrogens is 168 g/mol. The quantitative estimate of drug-likeness (QED) is 0.657. The molecule has 0 aliphatic carbocycles. The number of nitrogens with zero attached hydrogens (tertiary/aromatic N) is 1. The van der Waals surface area contributed by atoms with Gasteiger partial charge in [-0.3, -0.25) is 9.69 Å². The van der Waals surface area contributed by atoms with E-state index < -0.39 is 5.97 Å². The average Bonchev–Trinajstić information content (AvgIpc) is 2.50. The standard InChI is InChI=1S/C9H18N2O2/c1-6(10)8-3-4-11(5-8)7(2)9(12)13/h6-8H,3-5,10H2,1-2H3,(H,12,13). The van der Waals surface area contributed by atoms with Crippen molar-refractivity contribution >= 4 is 5.97 Å². The van der Waals surface area contributed by atoms with Crippen LogP contribution in [0.3, 0.4) is 0 Å².